The molecule has 0 radical (unpaired) electrons. The van der Waals surface area contributed by atoms with Gasteiger partial charge in [-0.3, -0.25) is 4.79 Å². The van der Waals surface area contributed by atoms with E-state index >= 15 is 0 Å². The third kappa shape index (κ3) is 24.6. The molecule has 0 saturated carbocycles. The van der Waals surface area contributed by atoms with Crippen molar-refractivity contribution in [3.63, 3.8) is 0 Å². The van der Waals surface area contributed by atoms with E-state index in [2.05, 4.69) is 13.5 Å². The van der Waals surface area contributed by atoms with E-state index in [0.29, 0.717) is 76.2 Å². The highest BCUT2D eigenvalue weighted by atomic mass is 28.5. The van der Waals surface area contributed by atoms with Crippen molar-refractivity contribution in [2.75, 3.05) is 53.4 Å². The van der Waals surface area contributed by atoms with Crippen molar-refractivity contribution < 1.29 is 57.3 Å². The molecule has 0 spiro atoms. The summed E-state index contributed by atoms with van der Waals surface area (Å²) < 4.78 is 76.9. The minimum absolute atomic E-state index is 0. The maximum absolute atomic E-state index is 12.8. The summed E-state index contributed by atoms with van der Waals surface area (Å²) in [5.74, 6) is -0.0395. The van der Waals surface area contributed by atoms with Crippen LogP contribution in [0.15, 0.2) is 42.5 Å². The summed E-state index contributed by atoms with van der Waals surface area (Å²) in [7, 11) is -15.5. The number of Topliss-reactive ketones (excluding diaryl/α,β-unsaturated/α-hetero) is 1. The molecule has 1 aromatic carbocycles. The first kappa shape index (κ1) is 71.7. The van der Waals surface area contributed by atoms with Gasteiger partial charge in [0.1, 0.15) is 6.61 Å². The van der Waals surface area contributed by atoms with Crippen molar-refractivity contribution >= 4 is 55.5 Å². The molecule has 2 rings (SSSR count). The number of rotatable bonds is 31. The number of hydrogen-bond donors (Lipinski definition) is 0. The third-order valence-corrected chi connectivity index (χ3v) is 25.7. The number of benzene rings is 1. The van der Waals surface area contributed by atoms with Gasteiger partial charge < -0.3 is 52.5 Å². The number of hydrogen-bond acceptors (Lipinski definition) is 13. The Bertz CT molecular complexity index is 1120. The highest BCUT2D eigenvalue weighted by Gasteiger charge is 2.58. The average molecular weight is 924 g/mol. The fourth-order valence-corrected chi connectivity index (χ4v) is 24.0. The first-order valence-electron chi connectivity index (χ1n) is 17.9. The zero-order valence-electron chi connectivity index (χ0n) is 31.7. The first-order chi connectivity index (χ1) is 23.9. The molecule has 0 aliphatic carbocycles. The molecule has 0 N–H and O–H groups in total. The minimum Gasteiger partial charge on any atom is -0.395 e. The fourth-order valence-electron chi connectivity index (χ4n) is 5.05. The van der Waals surface area contributed by atoms with E-state index in [1.807, 2.05) is 71.5 Å². The van der Waals surface area contributed by atoms with E-state index < -0.39 is 44.5 Å². The summed E-state index contributed by atoms with van der Waals surface area (Å²) in [6.07, 6.45) is 1.07. The standard InChI is InChI=1S/C32H62O13Si5.8CH4/c1-11-37-47(10,16-6)44-49(39-13-3,27-21-25-35-32-28-36-32)45-48(38-12-2,26-20-24-31(33)29(7)8)42-46(30-22-18-17-19-23-30)43-50(34-9,40-14-4)41-15-5;;;;;;;;/h17-19,22-23,32,46H,7,11-16,20-21,24-28H2,1-6,8-10H3;8*1H4. The van der Waals surface area contributed by atoms with Crippen molar-refractivity contribution in [1.29, 1.82) is 0 Å². The van der Waals surface area contributed by atoms with Crippen LogP contribution in [0.25, 0.3) is 0 Å². The molecule has 1 fully saturated rings. The van der Waals surface area contributed by atoms with Gasteiger partial charge in [-0.05, 0) is 77.7 Å². The van der Waals surface area contributed by atoms with Gasteiger partial charge in [0.05, 0.1) is 0 Å². The van der Waals surface area contributed by atoms with Gasteiger partial charge in [0.2, 0.25) is 0 Å². The number of ether oxygens (including phenoxy) is 2. The van der Waals surface area contributed by atoms with Crippen LogP contribution < -0.4 is 5.19 Å². The molecule has 0 amide bonds. The third-order valence-electron chi connectivity index (χ3n) is 7.60. The van der Waals surface area contributed by atoms with E-state index in [4.69, 9.17) is 52.5 Å². The van der Waals surface area contributed by atoms with Crippen LogP contribution in [0.3, 0.4) is 0 Å². The molecule has 18 heteroatoms. The zero-order valence-corrected chi connectivity index (χ0v) is 36.9. The molecule has 1 saturated heterocycles. The molecule has 1 aromatic rings. The Morgan fingerprint density at radius 1 is 0.741 bits per heavy atom. The van der Waals surface area contributed by atoms with Crippen LogP contribution >= 0.6 is 0 Å². The van der Waals surface area contributed by atoms with Gasteiger partial charge in [-0.1, -0.05) is 103 Å². The van der Waals surface area contributed by atoms with Crippen LogP contribution in [-0.2, 0) is 57.3 Å². The Kier molecular flexibility index (Phi) is 45.6. The van der Waals surface area contributed by atoms with Crippen molar-refractivity contribution in [2.45, 2.75) is 158 Å². The van der Waals surface area contributed by atoms with Gasteiger partial charge in [-0.15, -0.1) is 0 Å². The Morgan fingerprint density at radius 2 is 1.24 bits per heavy atom. The van der Waals surface area contributed by atoms with Crippen LogP contribution in [0.4, 0.5) is 0 Å². The Labute approximate surface area is 365 Å². The van der Waals surface area contributed by atoms with Crippen molar-refractivity contribution in [3.8, 4) is 0 Å². The van der Waals surface area contributed by atoms with Crippen molar-refractivity contribution in [1.82, 2.24) is 0 Å². The molecule has 352 valence electrons. The summed E-state index contributed by atoms with van der Waals surface area (Å²) >= 11 is 0. The van der Waals surface area contributed by atoms with Gasteiger partial charge in [-0.2, -0.15) is 0 Å². The fraction of sp³-hybridized carbons (Fsp3) is 0.775. The van der Waals surface area contributed by atoms with E-state index in [1.54, 1.807) is 6.92 Å². The van der Waals surface area contributed by atoms with Gasteiger partial charge in [0.15, 0.2) is 12.1 Å². The molecule has 5 unspecified atom stereocenters. The Balaban J connectivity index is -0.000000650. The lowest BCUT2D eigenvalue weighted by atomic mass is 10.1. The predicted molar refractivity (Wildman–Crippen MR) is 255 cm³/mol. The second kappa shape index (κ2) is 36.8. The Hall–Kier alpha value is -0.766. The smallest absolute Gasteiger partial charge is 0.395 e. The molecule has 5 atom stereocenters. The van der Waals surface area contributed by atoms with Crippen molar-refractivity contribution in [3.05, 3.63) is 42.5 Å². The van der Waals surface area contributed by atoms with Crippen LogP contribution in [0.2, 0.25) is 24.7 Å². The van der Waals surface area contributed by atoms with E-state index in [0.717, 1.165) is 5.19 Å². The van der Waals surface area contributed by atoms with Gasteiger partial charge in [0.25, 0.3) is 0 Å². The molecule has 1 aliphatic heterocycles. The molecular weight excluding hydrogens is 829 g/mol. The molecule has 1 aliphatic rings. The van der Waals surface area contributed by atoms with Crippen LogP contribution in [-0.4, -0.2) is 110 Å². The van der Waals surface area contributed by atoms with E-state index in [9.17, 15) is 4.79 Å². The number of carbonyl (C=O) groups is 1. The topological polar surface area (TPSA) is 131 Å². The largest absolute Gasteiger partial charge is 0.670 e. The lowest BCUT2D eigenvalue weighted by molar-refractivity contribution is -0.115. The van der Waals surface area contributed by atoms with Crippen LogP contribution in [0.1, 0.15) is 127 Å². The molecule has 13 nitrogen and oxygen atoms in total. The van der Waals surface area contributed by atoms with E-state index in [1.165, 1.54) is 7.11 Å². The molecule has 1 heterocycles. The normalized spacial score (nSPS) is 16.3. The average Bonchev–Trinajstić information content (AvgIpc) is 3.92. The highest BCUT2D eigenvalue weighted by molar-refractivity contribution is 6.85. The summed E-state index contributed by atoms with van der Waals surface area (Å²) in [4.78, 5) is 12.8. The minimum atomic E-state index is -3.86. The van der Waals surface area contributed by atoms with Gasteiger partial charge >= 0.3 is 44.5 Å². The molecule has 0 bridgehead atoms. The second-order valence-corrected chi connectivity index (χ2v) is 26.1. The number of ketones is 1. The summed E-state index contributed by atoms with van der Waals surface area (Å²) in [5, 5.41) is 0.809. The lowest BCUT2D eigenvalue weighted by Gasteiger charge is -2.43. The highest BCUT2D eigenvalue weighted by Crippen LogP contribution is 2.33. The summed E-state index contributed by atoms with van der Waals surface area (Å²) in [6.45, 7) is 21.8. The van der Waals surface area contributed by atoms with E-state index in [-0.39, 0.29) is 84.5 Å². The van der Waals surface area contributed by atoms with Crippen LogP contribution in [0.5, 0.6) is 0 Å². The monoisotopic (exact) mass is 923 g/mol. The molecular formula is C40H94O13Si5. The van der Waals surface area contributed by atoms with Gasteiger partial charge in [-0.25, -0.2) is 0 Å². The first-order valence-corrected chi connectivity index (χ1v) is 27.4. The summed E-state index contributed by atoms with van der Waals surface area (Å²) in [6, 6.07) is 11.0. The SMILES string of the molecule is C.C.C.C.C.C.C.C.C=C(C)C(=O)CCC[Si](OCC)(O[SiH](O[Si](OC)(OCC)OCC)c1ccccc1)O[Si](CCCOC1CO1)(OCC)O[Si](C)(CC)OCC. The molecule has 58 heavy (non-hydrogen) atoms. The number of allylic oxidation sites excluding steroid dienone is 1. The maximum Gasteiger partial charge on any atom is 0.670 e. The van der Waals surface area contributed by atoms with Crippen LogP contribution in [0, 0.1) is 0 Å². The quantitative estimate of drug-likeness (QED) is 0.0303. The van der Waals surface area contributed by atoms with Crippen molar-refractivity contribution in [2.24, 2.45) is 0 Å². The zero-order chi connectivity index (χ0) is 37.1. The predicted octanol–water partition coefficient (Wildman–Crippen LogP) is 10.2. The number of epoxide rings is 1. The summed E-state index contributed by atoms with van der Waals surface area (Å²) in [5.41, 5.74) is 0.488. The Morgan fingerprint density at radius 3 is 1.69 bits per heavy atom. The molecule has 0 aromatic heterocycles. The number of carbonyl (C=O) groups excluding carboxylic acids is 1. The second-order valence-electron chi connectivity index (χ2n) is 11.7. The maximum atomic E-state index is 12.8. The van der Waals surface area contributed by atoms with Gasteiger partial charge in [0, 0.05) is 65.3 Å². The lowest BCUT2D eigenvalue weighted by Crippen LogP contribution is -2.66.